The topological polar surface area (TPSA) is 62.7 Å². The van der Waals surface area contributed by atoms with Gasteiger partial charge in [0.05, 0.1) is 13.2 Å². The van der Waals surface area contributed by atoms with Crippen molar-refractivity contribution in [3.63, 3.8) is 0 Å². The van der Waals surface area contributed by atoms with Gasteiger partial charge in [-0.3, -0.25) is 4.98 Å². The monoisotopic (exact) mass is 339 g/mol. The van der Waals surface area contributed by atoms with E-state index in [-0.39, 0.29) is 5.41 Å². The van der Waals surface area contributed by atoms with E-state index in [1.165, 1.54) is 10.7 Å². The lowest BCUT2D eigenvalue weighted by Crippen LogP contribution is -2.40. The molecule has 1 aliphatic carbocycles. The van der Waals surface area contributed by atoms with Crippen LogP contribution in [0, 0.1) is 11.3 Å². The third kappa shape index (κ3) is 3.28. The molecular weight excluding hydrogens is 314 g/mol. The summed E-state index contributed by atoms with van der Waals surface area (Å²) in [5.74, 6) is 0.412. The SMILES string of the molecule is CN(C)S(=O)(=O)N1C[C@H]2CCC[C@@]2(COCc2ccncc2)C1. The average Bonchev–Trinajstić information content (AvgIpc) is 3.05. The van der Waals surface area contributed by atoms with Crippen LogP contribution in [-0.4, -0.2) is 55.8 Å². The van der Waals surface area contributed by atoms with Gasteiger partial charge in [-0.2, -0.15) is 17.0 Å². The lowest BCUT2D eigenvalue weighted by Gasteiger charge is -2.29. The van der Waals surface area contributed by atoms with E-state index in [1.54, 1.807) is 30.8 Å². The molecule has 0 aromatic carbocycles. The minimum Gasteiger partial charge on any atom is -0.376 e. The summed E-state index contributed by atoms with van der Waals surface area (Å²) in [6.45, 7) is 2.38. The van der Waals surface area contributed by atoms with E-state index in [1.807, 2.05) is 12.1 Å². The predicted molar refractivity (Wildman–Crippen MR) is 87.8 cm³/mol. The van der Waals surface area contributed by atoms with Crippen LogP contribution in [0.3, 0.4) is 0 Å². The van der Waals surface area contributed by atoms with Crippen LogP contribution in [0.5, 0.6) is 0 Å². The highest BCUT2D eigenvalue weighted by Gasteiger charge is 2.52. The fourth-order valence-corrected chi connectivity index (χ4v) is 5.11. The molecule has 0 amide bonds. The summed E-state index contributed by atoms with van der Waals surface area (Å²) in [4.78, 5) is 4.00. The first-order chi connectivity index (χ1) is 10.9. The Morgan fingerprint density at radius 3 is 2.83 bits per heavy atom. The number of fused-ring (bicyclic) bond motifs is 1. The molecule has 1 aromatic rings. The van der Waals surface area contributed by atoms with Crippen molar-refractivity contribution in [3.8, 4) is 0 Å². The maximum Gasteiger partial charge on any atom is 0.281 e. The lowest BCUT2D eigenvalue weighted by molar-refractivity contribution is 0.0290. The van der Waals surface area contributed by atoms with Crippen LogP contribution in [0.25, 0.3) is 0 Å². The highest BCUT2D eigenvalue weighted by Crippen LogP contribution is 2.49. The number of ether oxygens (including phenoxy) is 1. The van der Waals surface area contributed by atoms with E-state index in [0.29, 0.717) is 32.2 Å². The molecule has 1 aliphatic heterocycles. The first-order valence-electron chi connectivity index (χ1n) is 8.08. The fourth-order valence-electron chi connectivity index (χ4n) is 3.86. The summed E-state index contributed by atoms with van der Waals surface area (Å²) >= 11 is 0. The Balaban J connectivity index is 1.65. The smallest absolute Gasteiger partial charge is 0.281 e. The zero-order valence-electron chi connectivity index (χ0n) is 13.8. The molecule has 2 atom stereocenters. The fraction of sp³-hybridized carbons (Fsp3) is 0.688. The molecule has 0 radical (unpaired) electrons. The Hall–Kier alpha value is -1.02. The molecule has 0 bridgehead atoms. The second kappa shape index (κ2) is 6.47. The Bertz CT molecular complexity index is 635. The largest absolute Gasteiger partial charge is 0.376 e. The molecule has 1 aromatic heterocycles. The van der Waals surface area contributed by atoms with Crippen LogP contribution in [0.15, 0.2) is 24.5 Å². The van der Waals surface area contributed by atoms with Crippen molar-refractivity contribution < 1.29 is 13.2 Å². The molecule has 0 spiro atoms. The molecule has 3 rings (SSSR count). The number of pyridine rings is 1. The Morgan fingerprint density at radius 1 is 1.39 bits per heavy atom. The van der Waals surface area contributed by atoms with Gasteiger partial charge in [0.25, 0.3) is 10.2 Å². The van der Waals surface area contributed by atoms with Crippen molar-refractivity contribution in [2.24, 2.45) is 11.3 Å². The van der Waals surface area contributed by atoms with Gasteiger partial charge in [-0.25, -0.2) is 0 Å². The number of aromatic nitrogens is 1. The summed E-state index contributed by atoms with van der Waals surface area (Å²) in [7, 11) is -0.145. The third-order valence-corrected chi connectivity index (χ3v) is 7.06. The third-order valence-electron chi connectivity index (χ3n) is 5.20. The van der Waals surface area contributed by atoms with Gasteiger partial charge in [0.15, 0.2) is 0 Å². The number of rotatable bonds is 6. The molecule has 0 unspecified atom stereocenters. The minimum atomic E-state index is -3.33. The molecule has 2 fully saturated rings. The Kier molecular flexibility index (Phi) is 4.73. The van der Waals surface area contributed by atoms with Gasteiger partial charge in [0.1, 0.15) is 0 Å². The summed E-state index contributed by atoms with van der Waals surface area (Å²) in [5, 5.41) is 0. The molecule has 1 saturated carbocycles. The lowest BCUT2D eigenvalue weighted by atomic mass is 9.82. The van der Waals surface area contributed by atoms with E-state index in [9.17, 15) is 8.42 Å². The number of hydrogen-bond acceptors (Lipinski definition) is 4. The molecule has 6 nitrogen and oxygen atoms in total. The van der Waals surface area contributed by atoms with Gasteiger partial charge in [-0.15, -0.1) is 0 Å². The number of nitrogens with zero attached hydrogens (tertiary/aromatic N) is 3. The molecule has 1 saturated heterocycles. The van der Waals surface area contributed by atoms with Crippen molar-refractivity contribution in [3.05, 3.63) is 30.1 Å². The highest BCUT2D eigenvalue weighted by atomic mass is 32.2. The first kappa shape index (κ1) is 16.8. The summed E-state index contributed by atoms with van der Waals surface area (Å²) < 4.78 is 33.7. The van der Waals surface area contributed by atoms with Gasteiger partial charge in [-0.1, -0.05) is 6.42 Å². The Morgan fingerprint density at radius 2 is 2.13 bits per heavy atom. The van der Waals surface area contributed by atoms with Crippen molar-refractivity contribution >= 4 is 10.2 Å². The zero-order valence-corrected chi connectivity index (χ0v) is 14.6. The van der Waals surface area contributed by atoms with Crippen LogP contribution >= 0.6 is 0 Å². The first-order valence-corrected chi connectivity index (χ1v) is 9.48. The second-order valence-corrected chi connectivity index (χ2v) is 9.02. The van der Waals surface area contributed by atoms with Gasteiger partial charge in [0.2, 0.25) is 0 Å². The normalized spacial score (nSPS) is 28.4. The average molecular weight is 339 g/mol. The maximum absolute atomic E-state index is 12.4. The van der Waals surface area contributed by atoms with Gasteiger partial charge in [-0.05, 0) is 36.5 Å². The molecule has 7 heteroatoms. The molecule has 128 valence electrons. The van der Waals surface area contributed by atoms with Crippen LogP contribution < -0.4 is 0 Å². The van der Waals surface area contributed by atoms with Gasteiger partial charge >= 0.3 is 0 Å². The molecule has 23 heavy (non-hydrogen) atoms. The zero-order chi connectivity index (χ0) is 16.5. The maximum atomic E-state index is 12.4. The Labute approximate surface area is 138 Å². The molecule has 2 aliphatic rings. The second-order valence-electron chi connectivity index (χ2n) is 6.88. The summed E-state index contributed by atoms with van der Waals surface area (Å²) in [6.07, 6.45) is 6.83. The van der Waals surface area contributed by atoms with E-state index < -0.39 is 10.2 Å². The summed E-state index contributed by atoms with van der Waals surface area (Å²) in [5.41, 5.74) is 1.08. The van der Waals surface area contributed by atoms with Crippen molar-refractivity contribution in [2.75, 3.05) is 33.8 Å². The molecule has 0 N–H and O–H groups in total. The van der Waals surface area contributed by atoms with Crippen LogP contribution in [-0.2, 0) is 21.6 Å². The van der Waals surface area contributed by atoms with Crippen LogP contribution in [0.4, 0.5) is 0 Å². The van der Waals surface area contributed by atoms with Crippen molar-refractivity contribution in [1.82, 2.24) is 13.6 Å². The highest BCUT2D eigenvalue weighted by molar-refractivity contribution is 7.86. The van der Waals surface area contributed by atoms with E-state index in [0.717, 1.165) is 18.4 Å². The van der Waals surface area contributed by atoms with E-state index in [2.05, 4.69) is 4.98 Å². The van der Waals surface area contributed by atoms with Gasteiger partial charge < -0.3 is 4.74 Å². The standard InChI is InChI=1S/C16H25N3O3S/c1-18(2)23(20,21)19-10-15-4-3-7-16(15,12-19)13-22-11-14-5-8-17-9-6-14/h5-6,8-9,15H,3-4,7,10-13H2,1-2H3/t15-,16+/m1/s1. The van der Waals surface area contributed by atoms with Gasteiger partial charge in [0, 0.05) is 45.0 Å². The molecule has 2 heterocycles. The van der Waals surface area contributed by atoms with E-state index in [4.69, 9.17) is 4.74 Å². The minimum absolute atomic E-state index is 0.0177. The predicted octanol–water partition coefficient (Wildman–Crippen LogP) is 1.51. The summed E-state index contributed by atoms with van der Waals surface area (Å²) in [6, 6.07) is 3.89. The van der Waals surface area contributed by atoms with Crippen molar-refractivity contribution in [1.29, 1.82) is 0 Å². The van der Waals surface area contributed by atoms with Crippen LogP contribution in [0.2, 0.25) is 0 Å². The van der Waals surface area contributed by atoms with Crippen LogP contribution in [0.1, 0.15) is 24.8 Å². The van der Waals surface area contributed by atoms with Crippen molar-refractivity contribution in [2.45, 2.75) is 25.9 Å². The quantitative estimate of drug-likeness (QED) is 0.788. The number of hydrogen-bond donors (Lipinski definition) is 0. The van der Waals surface area contributed by atoms with E-state index >= 15 is 0 Å². The molecular formula is C16H25N3O3S.